The number of pyridine rings is 1. The molecule has 1 saturated carbocycles. The lowest BCUT2D eigenvalue weighted by Crippen LogP contribution is -2.33. The lowest BCUT2D eigenvalue weighted by atomic mass is 9.81. The van der Waals surface area contributed by atoms with Crippen LogP contribution in [-0.2, 0) is 7.05 Å². The van der Waals surface area contributed by atoms with E-state index < -0.39 is 5.97 Å². The molecule has 1 fully saturated rings. The largest absolute Gasteiger partial charge is 0.476 e. The summed E-state index contributed by atoms with van der Waals surface area (Å²) in [6.07, 6.45) is 0.806. The highest BCUT2D eigenvalue weighted by atomic mass is 35.5. The van der Waals surface area contributed by atoms with Crippen LogP contribution >= 0.6 is 11.6 Å². The number of benzene rings is 1. The Hall–Kier alpha value is -2.97. The maximum absolute atomic E-state index is 13.1. The number of carboxylic acids is 1. The Kier molecular flexibility index (Phi) is 5.45. The first-order chi connectivity index (χ1) is 14.7. The number of rotatable bonds is 5. The Bertz CT molecular complexity index is 1250. The van der Waals surface area contributed by atoms with Crippen LogP contribution in [0.2, 0.25) is 5.15 Å². The fourth-order valence-corrected chi connectivity index (χ4v) is 4.24. The Morgan fingerprint density at radius 1 is 1.29 bits per heavy atom. The van der Waals surface area contributed by atoms with Gasteiger partial charge in [0.2, 0.25) is 0 Å². The molecule has 0 unspecified atom stereocenters. The second-order valence-corrected chi connectivity index (χ2v) is 8.50. The molecule has 2 aromatic heterocycles. The van der Waals surface area contributed by atoms with Crippen LogP contribution in [0.15, 0.2) is 29.1 Å². The van der Waals surface area contributed by atoms with E-state index in [0.717, 1.165) is 11.1 Å². The van der Waals surface area contributed by atoms with Gasteiger partial charge in [0.15, 0.2) is 5.69 Å². The second kappa shape index (κ2) is 7.94. The van der Waals surface area contributed by atoms with Gasteiger partial charge < -0.3 is 15.5 Å². The minimum absolute atomic E-state index is 0.0357. The molecular weight excluding hydrogens is 420 g/mol. The fourth-order valence-electron chi connectivity index (χ4n) is 4.09. The number of carbonyl (C=O) groups is 1. The smallest absolute Gasteiger partial charge is 0.356 e. The average Bonchev–Trinajstić information content (AvgIpc) is 2.69. The van der Waals surface area contributed by atoms with Crippen LogP contribution in [0.3, 0.4) is 0 Å². The molecule has 31 heavy (non-hydrogen) atoms. The van der Waals surface area contributed by atoms with E-state index in [2.05, 4.69) is 10.3 Å². The summed E-state index contributed by atoms with van der Waals surface area (Å²) in [6, 6.07) is 6.48. The number of aliphatic hydroxyl groups is 1. The number of nitrogens with one attached hydrogen (secondary N) is 1. The molecule has 0 radical (unpaired) electrons. The van der Waals surface area contributed by atoms with Crippen LogP contribution in [0.25, 0.3) is 10.9 Å². The van der Waals surface area contributed by atoms with Crippen molar-refractivity contribution in [2.75, 3.05) is 5.32 Å². The number of hydrogen-bond acceptors (Lipinski definition) is 6. The molecule has 3 N–H and O–H groups in total. The molecule has 1 aliphatic carbocycles. The van der Waals surface area contributed by atoms with Gasteiger partial charge in [-0.3, -0.25) is 9.36 Å². The Balaban J connectivity index is 1.82. The van der Waals surface area contributed by atoms with Gasteiger partial charge in [-0.25, -0.2) is 14.8 Å². The molecule has 1 atom stereocenters. The zero-order valence-electron chi connectivity index (χ0n) is 17.4. The highest BCUT2D eigenvalue weighted by Crippen LogP contribution is 2.36. The molecule has 0 aliphatic heterocycles. The molecule has 4 rings (SSSR count). The van der Waals surface area contributed by atoms with Crippen molar-refractivity contribution in [3.05, 3.63) is 62.4 Å². The lowest BCUT2D eigenvalue weighted by Gasteiger charge is -2.32. The molecule has 2 heterocycles. The van der Waals surface area contributed by atoms with Crippen LogP contribution in [0, 0.1) is 6.92 Å². The van der Waals surface area contributed by atoms with E-state index in [1.807, 2.05) is 26.0 Å². The van der Waals surface area contributed by atoms with Crippen molar-refractivity contribution >= 4 is 34.2 Å². The quantitative estimate of drug-likeness (QED) is 0.518. The van der Waals surface area contributed by atoms with Gasteiger partial charge in [0, 0.05) is 18.5 Å². The molecular formula is C22H23ClN4O4. The first kappa shape index (κ1) is 21.3. The van der Waals surface area contributed by atoms with E-state index in [-0.39, 0.29) is 34.5 Å². The highest BCUT2D eigenvalue weighted by molar-refractivity contribution is 6.29. The standard InChI is InChI=1S/C22H23ClN4O4/c1-10-6-14(11(2)24-16-4-5-17(23)25-19(16)22(30)31)18-15(7-10)21(29)27(3)20(26-18)12-8-13(28)9-12/h4-7,11-13,24,28H,8-9H2,1-3H3,(H,30,31)/t11-,12?,13?/m1/s1. The van der Waals surface area contributed by atoms with E-state index in [0.29, 0.717) is 35.3 Å². The molecule has 1 aliphatic rings. The third-order valence-corrected chi connectivity index (χ3v) is 5.98. The molecule has 3 aromatic rings. The van der Waals surface area contributed by atoms with Gasteiger partial charge in [0.05, 0.1) is 28.7 Å². The van der Waals surface area contributed by atoms with Crippen LogP contribution in [-0.4, -0.2) is 36.8 Å². The molecule has 0 bridgehead atoms. The summed E-state index contributed by atoms with van der Waals surface area (Å²) in [4.78, 5) is 33.4. The van der Waals surface area contributed by atoms with Crippen molar-refractivity contribution < 1.29 is 15.0 Å². The minimum atomic E-state index is -1.19. The maximum atomic E-state index is 13.1. The number of nitrogens with zero attached hydrogens (tertiary/aromatic N) is 3. The number of anilines is 1. The Labute approximate surface area is 183 Å². The van der Waals surface area contributed by atoms with Crippen LogP contribution < -0.4 is 10.9 Å². The topological polar surface area (TPSA) is 117 Å². The molecule has 1 aromatic carbocycles. The van der Waals surface area contributed by atoms with Crippen molar-refractivity contribution in [3.63, 3.8) is 0 Å². The van der Waals surface area contributed by atoms with Gasteiger partial charge in [-0.15, -0.1) is 0 Å². The second-order valence-electron chi connectivity index (χ2n) is 8.11. The molecule has 9 heteroatoms. The van der Waals surface area contributed by atoms with Crippen molar-refractivity contribution in [2.24, 2.45) is 7.05 Å². The van der Waals surface area contributed by atoms with E-state index in [9.17, 15) is 19.8 Å². The number of hydrogen-bond donors (Lipinski definition) is 3. The van der Waals surface area contributed by atoms with Gasteiger partial charge in [0.25, 0.3) is 5.56 Å². The Morgan fingerprint density at radius 3 is 2.65 bits per heavy atom. The normalized spacial score (nSPS) is 19.1. The Morgan fingerprint density at radius 2 is 2.00 bits per heavy atom. The fraction of sp³-hybridized carbons (Fsp3) is 0.364. The molecule has 162 valence electrons. The zero-order valence-corrected chi connectivity index (χ0v) is 18.1. The zero-order chi connectivity index (χ0) is 22.4. The highest BCUT2D eigenvalue weighted by Gasteiger charge is 2.32. The summed E-state index contributed by atoms with van der Waals surface area (Å²) < 4.78 is 1.56. The summed E-state index contributed by atoms with van der Waals surface area (Å²) in [5, 5.41) is 22.9. The number of aliphatic hydroxyl groups excluding tert-OH is 1. The van der Waals surface area contributed by atoms with Gasteiger partial charge >= 0.3 is 5.97 Å². The van der Waals surface area contributed by atoms with Crippen molar-refractivity contribution in [3.8, 4) is 0 Å². The molecule has 8 nitrogen and oxygen atoms in total. The van der Waals surface area contributed by atoms with E-state index >= 15 is 0 Å². The van der Waals surface area contributed by atoms with E-state index in [4.69, 9.17) is 16.6 Å². The minimum Gasteiger partial charge on any atom is -0.476 e. The molecule has 0 amide bonds. The number of aromatic nitrogens is 3. The van der Waals surface area contributed by atoms with E-state index in [1.165, 1.54) is 6.07 Å². The lowest BCUT2D eigenvalue weighted by molar-refractivity contribution is 0.0689. The summed E-state index contributed by atoms with van der Waals surface area (Å²) in [5.74, 6) is -0.503. The first-order valence-corrected chi connectivity index (χ1v) is 10.4. The van der Waals surface area contributed by atoms with Crippen LogP contribution in [0.1, 0.15) is 59.2 Å². The predicted molar refractivity (Wildman–Crippen MR) is 118 cm³/mol. The number of carboxylic acid groups (broad SMARTS) is 1. The van der Waals surface area contributed by atoms with Crippen molar-refractivity contribution in [1.82, 2.24) is 14.5 Å². The number of aryl methyl sites for hydroxylation is 1. The molecule has 0 saturated heterocycles. The molecule has 0 spiro atoms. The first-order valence-electron chi connectivity index (χ1n) is 10.0. The third-order valence-electron chi connectivity index (χ3n) is 5.77. The SMILES string of the molecule is Cc1cc([C@@H](C)Nc2ccc(Cl)nc2C(=O)O)c2nc(C3CC(O)C3)n(C)c(=O)c2c1. The van der Waals surface area contributed by atoms with Crippen molar-refractivity contribution in [2.45, 2.75) is 44.8 Å². The van der Waals surface area contributed by atoms with Gasteiger partial charge in [-0.05, 0) is 50.5 Å². The van der Waals surface area contributed by atoms with Gasteiger partial charge in [-0.1, -0.05) is 17.7 Å². The summed E-state index contributed by atoms with van der Waals surface area (Å²) in [6.45, 7) is 3.78. The average molecular weight is 443 g/mol. The van der Waals surface area contributed by atoms with Crippen LogP contribution in [0.5, 0.6) is 0 Å². The summed E-state index contributed by atoms with van der Waals surface area (Å²) in [7, 11) is 1.71. The summed E-state index contributed by atoms with van der Waals surface area (Å²) in [5.41, 5.74) is 2.26. The maximum Gasteiger partial charge on any atom is 0.356 e. The number of aromatic carboxylic acids is 1. The van der Waals surface area contributed by atoms with Gasteiger partial charge in [-0.2, -0.15) is 0 Å². The van der Waals surface area contributed by atoms with E-state index in [1.54, 1.807) is 17.7 Å². The number of fused-ring (bicyclic) bond motifs is 1. The monoisotopic (exact) mass is 442 g/mol. The van der Waals surface area contributed by atoms with Gasteiger partial charge in [0.1, 0.15) is 11.0 Å². The third kappa shape index (κ3) is 3.88. The summed E-state index contributed by atoms with van der Waals surface area (Å²) >= 11 is 5.86. The predicted octanol–water partition coefficient (Wildman–Crippen LogP) is 3.40. The van der Waals surface area contributed by atoms with Crippen LogP contribution in [0.4, 0.5) is 5.69 Å². The van der Waals surface area contributed by atoms with Crippen molar-refractivity contribution in [1.29, 1.82) is 0 Å². The number of halogens is 1.